The van der Waals surface area contributed by atoms with Crippen LogP contribution in [0.4, 0.5) is 0 Å². The largest absolute Gasteiger partial charge is 0.458 e. The van der Waals surface area contributed by atoms with Gasteiger partial charge in [-0.2, -0.15) is 0 Å². The third-order valence-corrected chi connectivity index (χ3v) is 4.87. The van der Waals surface area contributed by atoms with Crippen LogP contribution in [-0.4, -0.2) is 40.1 Å². The van der Waals surface area contributed by atoms with Gasteiger partial charge in [0.2, 0.25) is 6.29 Å². The normalized spacial score (nSPS) is 43.8. The number of aliphatic hydroxyl groups is 2. The molecule has 2 heterocycles. The zero-order chi connectivity index (χ0) is 15.2. The molecular weight excluding hydrogens is 276 g/mol. The minimum atomic E-state index is -1.30. The lowest BCUT2D eigenvalue weighted by atomic mass is 9.75. The molecule has 3 aliphatic rings. The van der Waals surface area contributed by atoms with Crippen LogP contribution in [0, 0.1) is 11.8 Å². The number of carbonyl (C=O) groups excluding carboxylic acids is 2. The molecule has 0 aromatic heterocycles. The molecule has 1 saturated carbocycles. The van der Waals surface area contributed by atoms with E-state index in [1.807, 2.05) is 0 Å². The van der Waals surface area contributed by atoms with Gasteiger partial charge in [0.25, 0.3) is 0 Å². The van der Waals surface area contributed by atoms with Gasteiger partial charge < -0.3 is 19.7 Å². The first-order chi connectivity index (χ1) is 9.89. The van der Waals surface area contributed by atoms with E-state index in [0.717, 1.165) is 5.57 Å². The first kappa shape index (κ1) is 14.5. The maximum atomic E-state index is 11.9. The molecule has 5 atom stereocenters. The van der Waals surface area contributed by atoms with Crippen molar-refractivity contribution in [2.24, 2.45) is 11.8 Å². The van der Waals surface area contributed by atoms with Crippen molar-refractivity contribution in [1.82, 2.24) is 0 Å². The average Bonchev–Trinajstić information content (AvgIpc) is 2.79. The standard InChI is InChI=1S/C15H20O6/c1-8-2-9-3-11(16)6-13(18)20-12(17)4-10-5-14(19)21-15(9,10)7-8/h9-11,13,16,18H,1-7H2/t9?,10?,11-,13-,15?/m0/s1. The third kappa shape index (κ3) is 2.58. The van der Waals surface area contributed by atoms with Crippen molar-refractivity contribution in [3.8, 4) is 0 Å². The Balaban J connectivity index is 1.94. The van der Waals surface area contributed by atoms with Gasteiger partial charge in [-0.05, 0) is 12.8 Å². The molecule has 0 aromatic rings. The number of rotatable bonds is 0. The van der Waals surface area contributed by atoms with Crippen molar-refractivity contribution in [2.75, 3.05) is 0 Å². The predicted octanol–water partition coefficient (Wildman–Crippen LogP) is 0.661. The summed E-state index contributed by atoms with van der Waals surface area (Å²) in [6.45, 7) is 3.99. The molecule has 2 N–H and O–H groups in total. The summed E-state index contributed by atoms with van der Waals surface area (Å²) in [7, 11) is 0. The number of aliphatic hydroxyl groups excluding tert-OH is 2. The molecule has 2 aliphatic heterocycles. The zero-order valence-corrected chi connectivity index (χ0v) is 11.8. The van der Waals surface area contributed by atoms with E-state index in [-0.39, 0.29) is 37.1 Å². The van der Waals surface area contributed by atoms with E-state index in [1.165, 1.54) is 0 Å². The van der Waals surface area contributed by atoms with Gasteiger partial charge in [-0.1, -0.05) is 12.2 Å². The molecule has 2 saturated heterocycles. The first-order valence-electron chi connectivity index (χ1n) is 7.33. The third-order valence-electron chi connectivity index (χ3n) is 4.87. The minimum Gasteiger partial charge on any atom is -0.458 e. The smallest absolute Gasteiger partial charge is 0.308 e. The molecule has 3 unspecified atom stereocenters. The Labute approximate surface area is 122 Å². The van der Waals surface area contributed by atoms with Crippen LogP contribution in [0.2, 0.25) is 0 Å². The summed E-state index contributed by atoms with van der Waals surface area (Å²) >= 11 is 0. The van der Waals surface area contributed by atoms with Crippen LogP contribution in [0.25, 0.3) is 0 Å². The molecule has 6 heteroatoms. The molecule has 0 amide bonds. The van der Waals surface area contributed by atoms with Crippen molar-refractivity contribution in [1.29, 1.82) is 0 Å². The highest BCUT2D eigenvalue weighted by Gasteiger charge is 2.58. The summed E-state index contributed by atoms with van der Waals surface area (Å²) in [6.07, 6.45) is -0.307. The molecule has 6 nitrogen and oxygen atoms in total. The minimum absolute atomic E-state index is 0.0244. The fraction of sp³-hybridized carbons (Fsp3) is 0.733. The summed E-state index contributed by atoms with van der Waals surface area (Å²) in [5.74, 6) is -1.22. The van der Waals surface area contributed by atoms with Gasteiger partial charge in [0, 0.05) is 24.7 Å². The number of hydrogen-bond donors (Lipinski definition) is 2. The molecule has 0 radical (unpaired) electrons. The number of ether oxygens (including phenoxy) is 2. The highest BCUT2D eigenvalue weighted by molar-refractivity contribution is 5.76. The first-order valence-corrected chi connectivity index (χ1v) is 7.33. The highest BCUT2D eigenvalue weighted by Crippen LogP contribution is 2.54. The Kier molecular flexibility index (Phi) is 3.53. The molecular formula is C15H20O6. The lowest BCUT2D eigenvalue weighted by molar-refractivity contribution is -0.180. The van der Waals surface area contributed by atoms with Crippen LogP contribution >= 0.6 is 0 Å². The zero-order valence-electron chi connectivity index (χ0n) is 11.8. The Hall–Kier alpha value is -1.40. The monoisotopic (exact) mass is 296 g/mol. The second kappa shape index (κ2) is 5.10. The van der Waals surface area contributed by atoms with Gasteiger partial charge in [0.1, 0.15) is 5.60 Å². The topological polar surface area (TPSA) is 93.1 Å². The second-order valence-corrected chi connectivity index (χ2v) is 6.43. The lowest BCUT2D eigenvalue weighted by Crippen LogP contribution is -2.43. The molecule has 0 bridgehead atoms. The summed E-state index contributed by atoms with van der Waals surface area (Å²) in [6, 6.07) is 0. The Bertz CT molecular complexity index is 483. The Morgan fingerprint density at radius 2 is 1.76 bits per heavy atom. The average molecular weight is 296 g/mol. The van der Waals surface area contributed by atoms with Crippen LogP contribution in [0.3, 0.4) is 0 Å². The van der Waals surface area contributed by atoms with E-state index >= 15 is 0 Å². The number of esters is 2. The van der Waals surface area contributed by atoms with Gasteiger partial charge in [-0.3, -0.25) is 9.59 Å². The van der Waals surface area contributed by atoms with E-state index in [9.17, 15) is 19.8 Å². The maximum absolute atomic E-state index is 11.9. The molecule has 3 rings (SSSR count). The van der Waals surface area contributed by atoms with Crippen molar-refractivity contribution in [3.05, 3.63) is 12.2 Å². The Morgan fingerprint density at radius 1 is 1.05 bits per heavy atom. The SMILES string of the molecule is C=C1CC2C[C@H](O)C[C@@H](O)OC(=O)CC3CC(=O)OC32C1. The summed E-state index contributed by atoms with van der Waals surface area (Å²) in [5.41, 5.74) is 0.233. The fourth-order valence-corrected chi connectivity index (χ4v) is 4.07. The molecule has 3 fully saturated rings. The number of cyclic esters (lactones) is 1. The van der Waals surface area contributed by atoms with Gasteiger partial charge in [-0.15, -0.1) is 0 Å². The maximum Gasteiger partial charge on any atom is 0.308 e. The predicted molar refractivity (Wildman–Crippen MR) is 70.8 cm³/mol. The number of hydrogen-bond acceptors (Lipinski definition) is 6. The summed E-state index contributed by atoms with van der Waals surface area (Å²) < 4.78 is 10.5. The van der Waals surface area contributed by atoms with Crippen molar-refractivity contribution >= 4 is 11.9 Å². The fourth-order valence-electron chi connectivity index (χ4n) is 4.07. The summed E-state index contributed by atoms with van der Waals surface area (Å²) in [5, 5.41) is 19.7. The van der Waals surface area contributed by atoms with Crippen LogP contribution in [-0.2, 0) is 19.1 Å². The van der Waals surface area contributed by atoms with Crippen molar-refractivity contribution < 1.29 is 29.3 Å². The summed E-state index contributed by atoms with van der Waals surface area (Å²) in [4.78, 5) is 23.7. The van der Waals surface area contributed by atoms with Crippen LogP contribution in [0.1, 0.15) is 38.5 Å². The molecule has 21 heavy (non-hydrogen) atoms. The van der Waals surface area contributed by atoms with Crippen LogP contribution < -0.4 is 0 Å². The molecule has 0 aromatic carbocycles. The van der Waals surface area contributed by atoms with Gasteiger partial charge in [0.05, 0.1) is 18.9 Å². The van der Waals surface area contributed by atoms with E-state index in [1.54, 1.807) is 0 Å². The van der Waals surface area contributed by atoms with E-state index < -0.39 is 24.0 Å². The van der Waals surface area contributed by atoms with Crippen molar-refractivity contribution in [2.45, 2.75) is 56.5 Å². The lowest BCUT2D eigenvalue weighted by Gasteiger charge is -2.36. The van der Waals surface area contributed by atoms with Crippen LogP contribution in [0.5, 0.6) is 0 Å². The molecule has 1 spiro atoms. The number of carbonyl (C=O) groups is 2. The van der Waals surface area contributed by atoms with E-state index in [4.69, 9.17) is 9.47 Å². The van der Waals surface area contributed by atoms with Crippen LogP contribution in [0.15, 0.2) is 12.2 Å². The van der Waals surface area contributed by atoms with E-state index in [2.05, 4.69) is 6.58 Å². The highest BCUT2D eigenvalue weighted by atomic mass is 16.6. The molecule has 1 aliphatic carbocycles. The van der Waals surface area contributed by atoms with E-state index in [0.29, 0.717) is 19.3 Å². The quantitative estimate of drug-likeness (QED) is 0.504. The van der Waals surface area contributed by atoms with Gasteiger partial charge >= 0.3 is 11.9 Å². The molecule has 116 valence electrons. The van der Waals surface area contributed by atoms with Crippen molar-refractivity contribution in [3.63, 3.8) is 0 Å². The van der Waals surface area contributed by atoms with Gasteiger partial charge in [-0.25, -0.2) is 0 Å². The second-order valence-electron chi connectivity index (χ2n) is 6.43. The van der Waals surface area contributed by atoms with Gasteiger partial charge in [0.15, 0.2) is 0 Å². The Morgan fingerprint density at radius 3 is 2.52 bits per heavy atom.